The van der Waals surface area contributed by atoms with Crippen LogP contribution in [-0.2, 0) is 9.53 Å². The number of esters is 1. The molecule has 0 amide bonds. The van der Waals surface area contributed by atoms with E-state index in [0.29, 0.717) is 5.75 Å². The Hall–Kier alpha value is -0.220. The monoisotopic (exact) mass is 191 g/mol. The second-order valence-electron chi connectivity index (χ2n) is 2.83. The van der Waals surface area contributed by atoms with Crippen molar-refractivity contribution in [3.8, 4) is 0 Å². The number of rotatable bonds is 5. The topological polar surface area (TPSA) is 52.3 Å². The highest BCUT2D eigenvalue weighted by atomic mass is 32.1. The highest BCUT2D eigenvalue weighted by Crippen LogP contribution is 2.02. The zero-order chi connectivity index (χ0) is 9.56. The van der Waals surface area contributed by atoms with E-state index in [2.05, 4.69) is 12.6 Å². The van der Waals surface area contributed by atoms with Crippen LogP contribution in [0.1, 0.15) is 26.7 Å². The lowest BCUT2D eigenvalue weighted by molar-refractivity contribution is -0.149. The second kappa shape index (κ2) is 6.31. The fourth-order valence-electron chi connectivity index (χ4n) is 0.826. The molecule has 0 radical (unpaired) electrons. The van der Waals surface area contributed by atoms with Crippen LogP contribution in [0.15, 0.2) is 0 Å². The van der Waals surface area contributed by atoms with Gasteiger partial charge < -0.3 is 10.5 Å². The van der Waals surface area contributed by atoms with Crippen molar-refractivity contribution in [2.75, 3.05) is 5.75 Å². The molecule has 0 aliphatic carbocycles. The summed E-state index contributed by atoms with van der Waals surface area (Å²) in [6.45, 7) is 3.91. The number of carbonyl (C=O) groups is 1. The summed E-state index contributed by atoms with van der Waals surface area (Å²) in [7, 11) is 0. The van der Waals surface area contributed by atoms with Crippen molar-refractivity contribution in [2.45, 2.75) is 38.8 Å². The van der Waals surface area contributed by atoms with Gasteiger partial charge in [-0.05, 0) is 13.3 Å². The van der Waals surface area contributed by atoms with Gasteiger partial charge in [-0.1, -0.05) is 13.3 Å². The van der Waals surface area contributed by atoms with Crippen LogP contribution in [0, 0.1) is 0 Å². The van der Waals surface area contributed by atoms with Crippen LogP contribution in [0.3, 0.4) is 0 Å². The molecule has 0 aromatic rings. The first-order valence-corrected chi connectivity index (χ1v) is 4.82. The summed E-state index contributed by atoms with van der Waals surface area (Å²) in [6.07, 6.45) is 1.85. The van der Waals surface area contributed by atoms with Crippen LogP contribution in [-0.4, -0.2) is 23.9 Å². The van der Waals surface area contributed by atoms with Gasteiger partial charge in [-0.3, -0.25) is 4.79 Å². The van der Waals surface area contributed by atoms with E-state index in [9.17, 15) is 4.79 Å². The van der Waals surface area contributed by atoms with Crippen molar-refractivity contribution in [1.29, 1.82) is 0 Å². The number of carbonyl (C=O) groups excluding carboxylic acids is 1. The summed E-state index contributed by atoms with van der Waals surface area (Å²) in [5.74, 6) is -0.0246. The summed E-state index contributed by atoms with van der Waals surface area (Å²) < 4.78 is 5.03. The molecule has 0 spiro atoms. The van der Waals surface area contributed by atoms with Gasteiger partial charge in [-0.2, -0.15) is 12.6 Å². The van der Waals surface area contributed by atoms with E-state index in [0.717, 1.165) is 12.8 Å². The van der Waals surface area contributed by atoms with Crippen LogP contribution in [0.25, 0.3) is 0 Å². The Morgan fingerprint density at radius 2 is 2.25 bits per heavy atom. The maximum atomic E-state index is 11.1. The first-order valence-electron chi connectivity index (χ1n) is 4.18. The molecular formula is C8H17NO2S. The maximum Gasteiger partial charge on any atom is 0.324 e. The Kier molecular flexibility index (Phi) is 6.20. The minimum absolute atomic E-state index is 0.0339. The van der Waals surface area contributed by atoms with E-state index in [1.54, 1.807) is 0 Å². The van der Waals surface area contributed by atoms with Crippen molar-refractivity contribution in [3.05, 3.63) is 0 Å². The summed E-state index contributed by atoms with van der Waals surface area (Å²) in [6, 6.07) is -0.590. The minimum Gasteiger partial charge on any atom is -0.461 e. The zero-order valence-corrected chi connectivity index (χ0v) is 8.51. The highest BCUT2D eigenvalue weighted by Gasteiger charge is 2.15. The summed E-state index contributed by atoms with van der Waals surface area (Å²) >= 11 is 3.90. The third-order valence-electron chi connectivity index (χ3n) is 1.51. The fourth-order valence-corrected chi connectivity index (χ4v) is 0.975. The number of thiol groups is 1. The predicted octanol–water partition coefficient (Wildman–Crippen LogP) is 0.975. The van der Waals surface area contributed by atoms with Gasteiger partial charge in [-0.15, -0.1) is 0 Å². The Balaban J connectivity index is 3.67. The molecule has 0 saturated heterocycles. The Morgan fingerprint density at radius 3 is 2.67 bits per heavy atom. The summed E-state index contributed by atoms with van der Waals surface area (Å²) in [5.41, 5.74) is 5.41. The lowest BCUT2D eigenvalue weighted by Crippen LogP contribution is -2.35. The third-order valence-corrected chi connectivity index (χ3v) is 1.91. The molecule has 12 heavy (non-hydrogen) atoms. The second-order valence-corrected chi connectivity index (χ2v) is 3.19. The van der Waals surface area contributed by atoms with Crippen LogP contribution in [0.2, 0.25) is 0 Å². The summed E-state index contributed by atoms with van der Waals surface area (Å²) in [4.78, 5) is 11.1. The SMILES string of the molecule is CCCC(C)OC(=O)[C@@H](N)CS. The van der Waals surface area contributed by atoms with E-state index in [4.69, 9.17) is 10.5 Å². The van der Waals surface area contributed by atoms with Crippen molar-refractivity contribution in [2.24, 2.45) is 5.73 Å². The quantitative estimate of drug-likeness (QED) is 0.503. The van der Waals surface area contributed by atoms with Crippen LogP contribution < -0.4 is 5.73 Å². The Bertz CT molecular complexity index is 141. The molecule has 0 aliphatic heterocycles. The van der Waals surface area contributed by atoms with E-state index in [1.807, 2.05) is 13.8 Å². The van der Waals surface area contributed by atoms with Crippen molar-refractivity contribution >= 4 is 18.6 Å². The largest absolute Gasteiger partial charge is 0.461 e. The van der Waals surface area contributed by atoms with E-state index in [-0.39, 0.29) is 12.1 Å². The van der Waals surface area contributed by atoms with Crippen molar-refractivity contribution in [1.82, 2.24) is 0 Å². The molecule has 0 fully saturated rings. The molecule has 2 N–H and O–H groups in total. The van der Waals surface area contributed by atoms with Gasteiger partial charge in [0.1, 0.15) is 6.04 Å². The van der Waals surface area contributed by atoms with E-state index in [1.165, 1.54) is 0 Å². The van der Waals surface area contributed by atoms with E-state index < -0.39 is 6.04 Å². The molecule has 0 bridgehead atoms. The average molecular weight is 191 g/mol. The predicted molar refractivity (Wildman–Crippen MR) is 52.3 cm³/mol. The standard InChI is InChI=1S/C8H17NO2S/c1-3-4-6(2)11-8(10)7(9)5-12/h6-7,12H,3-5,9H2,1-2H3/t6?,7-/m0/s1. The first kappa shape index (κ1) is 11.8. The molecule has 72 valence electrons. The molecule has 0 aliphatic rings. The lowest BCUT2D eigenvalue weighted by atomic mass is 10.2. The van der Waals surface area contributed by atoms with Crippen molar-refractivity contribution < 1.29 is 9.53 Å². The molecule has 0 heterocycles. The Labute approximate surface area is 79.1 Å². The number of hydrogen-bond donors (Lipinski definition) is 2. The van der Waals surface area contributed by atoms with Gasteiger partial charge in [-0.25, -0.2) is 0 Å². The molecule has 2 atom stereocenters. The van der Waals surface area contributed by atoms with Gasteiger partial charge in [0.15, 0.2) is 0 Å². The van der Waals surface area contributed by atoms with Crippen LogP contribution >= 0.6 is 12.6 Å². The summed E-state index contributed by atoms with van der Waals surface area (Å²) in [5, 5.41) is 0. The van der Waals surface area contributed by atoms with Gasteiger partial charge in [0.25, 0.3) is 0 Å². The van der Waals surface area contributed by atoms with Gasteiger partial charge in [0.05, 0.1) is 6.10 Å². The normalized spacial score (nSPS) is 15.3. The molecule has 0 aromatic carbocycles. The smallest absolute Gasteiger partial charge is 0.324 e. The van der Waals surface area contributed by atoms with Gasteiger partial charge >= 0.3 is 5.97 Å². The maximum absolute atomic E-state index is 11.1. The van der Waals surface area contributed by atoms with Crippen molar-refractivity contribution in [3.63, 3.8) is 0 Å². The zero-order valence-electron chi connectivity index (χ0n) is 7.62. The number of hydrogen-bond acceptors (Lipinski definition) is 4. The highest BCUT2D eigenvalue weighted by molar-refractivity contribution is 7.80. The first-order chi connectivity index (χ1) is 5.61. The fraction of sp³-hybridized carbons (Fsp3) is 0.875. The lowest BCUT2D eigenvalue weighted by Gasteiger charge is -2.14. The Morgan fingerprint density at radius 1 is 1.67 bits per heavy atom. The molecule has 0 saturated carbocycles. The molecule has 1 unspecified atom stereocenters. The molecule has 3 nitrogen and oxygen atoms in total. The molecule has 0 rings (SSSR count). The third kappa shape index (κ3) is 4.62. The van der Waals surface area contributed by atoms with Gasteiger partial charge in [0.2, 0.25) is 0 Å². The molecular weight excluding hydrogens is 174 g/mol. The van der Waals surface area contributed by atoms with Crippen LogP contribution in [0.5, 0.6) is 0 Å². The molecule has 0 aromatic heterocycles. The van der Waals surface area contributed by atoms with E-state index >= 15 is 0 Å². The number of ether oxygens (including phenoxy) is 1. The number of nitrogens with two attached hydrogens (primary N) is 1. The van der Waals surface area contributed by atoms with Gasteiger partial charge in [0, 0.05) is 5.75 Å². The average Bonchev–Trinajstić information content (AvgIpc) is 2.03. The minimum atomic E-state index is -0.590. The van der Waals surface area contributed by atoms with Crippen LogP contribution in [0.4, 0.5) is 0 Å². The molecule has 4 heteroatoms.